The Labute approximate surface area is 115 Å². The summed E-state index contributed by atoms with van der Waals surface area (Å²) in [5.74, 6) is -1.55. The van der Waals surface area contributed by atoms with Gasteiger partial charge < -0.3 is 15.4 Å². The first-order valence-corrected chi connectivity index (χ1v) is 5.69. The quantitative estimate of drug-likeness (QED) is 0.874. The minimum atomic E-state index is -0.664. The maximum Gasteiger partial charge on any atom is 0.239 e. The molecular weight excluding hydrogens is 278 g/mol. The maximum absolute atomic E-state index is 13.3. The van der Waals surface area contributed by atoms with Crippen molar-refractivity contribution >= 4 is 18.3 Å². The van der Waals surface area contributed by atoms with Crippen LogP contribution in [0, 0.1) is 11.6 Å². The molecule has 1 aromatic rings. The molecule has 1 aliphatic heterocycles. The first-order valence-electron chi connectivity index (χ1n) is 5.69. The van der Waals surface area contributed by atoms with Crippen LogP contribution < -0.4 is 10.6 Å². The highest BCUT2D eigenvalue weighted by Gasteiger charge is 2.20. The molecule has 0 bridgehead atoms. The molecule has 1 atom stereocenters. The van der Waals surface area contributed by atoms with E-state index in [0.29, 0.717) is 19.8 Å². The molecule has 19 heavy (non-hydrogen) atoms. The molecule has 7 heteroatoms. The molecular formula is C12H15ClF2N2O2. The number of rotatable bonds is 3. The molecule has 1 heterocycles. The number of morpholine rings is 1. The van der Waals surface area contributed by atoms with E-state index in [0.717, 1.165) is 12.1 Å². The van der Waals surface area contributed by atoms with Gasteiger partial charge in [0.25, 0.3) is 0 Å². The Morgan fingerprint density at radius 2 is 2.26 bits per heavy atom. The monoisotopic (exact) mass is 292 g/mol. The smallest absolute Gasteiger partial charge is 0.239 e. The Morgan fingerprint density at radius 3 is 2.89 bits per heavy atom. The molecule has 1 saturated heterocycles. The highest BCUT2D eigenvalue weighted by Crippen LogP contribution is 2.09. The summed E-state index contributed by atoms with van der Waals surface area (Å²) in [6.07, 6.45) is 0. The molecule has 1 amide bonds. The lowest BCUT2D eigenvalue weighted by molar-refractivity contribution is -0.126. The first-order chi connectivity index (χ1) is 8.66. The van der Waals surface area contributed by atoms with Crippen LogP contribution in [0.3, 0.4) is 0 Å². The van der Waals surface area contributed by atoms with Crippen molar-refractivity contribution in [1.82, 2.24) is 10.6 Å². The van der Waals surface area contributed by atoms with Crippen LogP contribution in [0.25, 0.3) is 0 Å². The van der Waals surface area contributed by atoms with Crippen LogP contribution in [0.2, 0.25) is 0 Å². The molecule has 2 rings (SSSR count). The van der Waals surface area contributed by atoms with Crippen molar-refractivity contribution in [2.75, 3.05) is 19.8 Å². The minimum Gasteiger partial charge on any atom is -0.378 e. The number of hydrogen-bond donors (Lipinski definition) is 2. The molecule has 0 aliphatic carbocycles. The molecule has 2 N–H and O–H groups in total. The number of nitrogens with one attached hydrogen (secondary N) is 2. The zero-order valence-corrected chi connectivity index (χ0v) is 10.9. The van der Waals surface area contributed by atoms with Gasteiger partial charge in [-0.05, 0) is 6.07 Å². The fraction of sp³-hybridized carbons (Fsp3) is 0.417. The van der Waals surface area contributed by atoms with Crippen molar-refractivity contribution in [3.8, 4) is 0 Å². The van der Waals surface area contributed by atoms with Gasteiger partial charge in [-0.2, -0.15) is 0 Å². The van der Waals surface area contributed by atoms with E-state index in [1.165, 1.54) is 6.07 Å². The second-order valence-corrected chi connectivity index (χ2v) is 4.04. The van der Waals surface area contributed by atoms with Gasteiger partial charge >= 0.3 is 0 Å². The first kappa shape index (κ1) is 15.8. The number of hydrogen-bond acceptors (Lipinski definition) is 3. The molecule has 1 unspecified atom stereocenters. The normalized spacial score (nSPS) is 18.5. The van der Waals surface area contributed by atoms with E-state index < -0.39 is 17.7 Å². The standard InChI is InChI=1S/C12H14F2N2O2.ClH/c13-9-2-1-8(10(14)5-9)6-16-12(17)11-7-18-4-3-15-11;/h1-2,5,11,15H,3-4,6-7H2,(H,16,17);1H. The lowest BCUT2D eigenvalue weighted by Crippen LogP contribution is -2.51. The molecule has 1 aliphatic rings. The van der Waals surface area contributed by atoms with Crippen molar-refractivity contribution in [3.63, 3.8) is 0 Å². The third kappa shape index (κ3) is 4.41. The lowest BCUT2D eigenvalue weighted by atomic mass is 10.2. The zero-order chi connectivity index (χ0) is 13.0. The van der Waals surface area contributed by atoms with Crippen molar-refractivity contribution < 1.29 is 18.3 Å². The number of amides is 1. The summed E-state index contributed by atoms with van der Waals surface area (Å²) in [4.78, 5) is 11.7. The largest absolute Gasteiger partial charge is 0.378 e. The third-order valence-corrected chi connectivity index (χ3v) is 2.71. The number of benzene rings is 1. The maximum atomic E-state index is 13.3. The highest BCUT2D eigenvalue weighted by atomic mass is 35.5. The van der Waals surface area contributed by atoms with E-state index >= 15 is 0 Å². The van der Waals surface area contributed by atoms with Crippen LogP contribution in [-0.4, -0.2) is 31.7 Å². The Kier molecular flexibility index (Phi) is 6.14. The van der Waals surface area contributed by atoms with E-state index in [9.17, 15) is 13.6 Å². The molecule has 0 aromatic heterocycles. The van der Waals surface area contributed by atoms with E-state index in [1.807, 2.05) is 0 Å². The fourth-order valence-electron chi connectivity index (χ4n) is 1.70. The molecule has 0 radical (unpaired) electrons. The van der Waals surface area contributed by atoms with Crippen LogP contribution >= 0.6 is 12.4 Å². The second-order valence-electron chi connectivity index (χ2n) is 4.04. The van der Waals surface area contributed by atoms with Crippen LogP contribution in [-0.2, 0) is 16.1 Å². The Hall–Kier alpha value is -1.24. The summed E-state index contributed by atoms with van der Waals surface area (Å²) < 4.78 is 31.1. The van der Waals surface area contributed by atoms with Gasteiger partial charge in [-0.1, -0.05) is 6.07 Å². The van der Waals surface area contributed by atoms with Crippen molar-refractivity contribution in [1.29, 1.82) is 0 Å². The van der Waals surface area contributed by atoms with Crippen molar-refractivity contribution in [3.05, 3.63) is 35.4 Å². The summed E-state index contributed by atoms with van der Waals surface area (Å²) in [6.45, 7) is 1.53. The average Bonchev–Trinajstić information content (AvgIpc) is 2.38. The van der Waals surface area contributed by atoms with Gasteiger partial charge in [-0.3, -0.25) is 4.79 Å². The van der Waals surface area contributed by atoms with Crippen molar-refractivity contribution in [2.45, 2.75) is 12.6 Å². The van der Waals surface area contributed by atoms with Crippen LogP contribution in [0.15, 0.2) is 18.2 Å². The van der Waals surface area contributed by atoms with Crippen LogP contribution in [0.4, 0.5) is 8.78 Å². The second kappa shape index (κ2) is 7.37. The summed E-state index contributed by atoms with van der Waals surface area (Å²) in [6, 6.07) is 2.86. The summed E-state index contributed by atoms with van der Waals surface area (Å²) in [5, 5.41) is 5.57. The van der Waals surface area contributed by atoms with Gasteiger partial charge in [0.05, 0.1) is 13.2 Å². The molecule has 0 saturated carbocycles. The number of ether oxygens (including phenoxy) is 1. The predicted octanol–water partition coefficient (Wildman–Crippen LogP) is 0.991. The number of carbonyl (C=O) groups is 1. The van der Waals surface area contributed by atoms with E-state index in [2.05, 4.69) is 10.6 Å². The van der Waals surface area contributed by atoms with Gasteiger partial charge in [0.15, 0.2) is 0 Å². The summed E-state index contributed by atoms with van der Waals surface area (Å²) in [5.41, 5.74) is 0.251. The summed E-state index contributed by atoms with van der Waals surface area (Å²) in [7, 11) is 0. The molecule has 1 fully saturated rings. The van der Waals surface area contributed by atoms with Crippen LogP contribution in [0.5, 0.6) is 0 Å². The molecule has 0 spiro atoms. The van der Waals surface area contributed by atoms with Gasteiger partial charge in [0.1, 0.15) is 17.7 Å². The van der Waals surface area contributed by atoms with E-state index in [1.54, 1.807) is 0 Å². The van der Waals surface area contributed by atoms with Gasteiger partial charge in [0.2, 0.25) is 5.91 Å². The lowest BCUT2D eigenvalue weighted by Gasteiger charge is -2.22. The topological polar surface area (TPSA) is 50.4 Å². The average molecular weight is 293 g/mol. The number of carbonyl (C=O) groups excluding carboxylic acids is 1. The zero-order valence-electron chi connectivity index (χ0n) is 10.1. The Balaban J connectivity index is 0.00000180. The molecule has 1 aromatic carbocycles. The van der Waals surface area contributed by atoms with Crippen molar-refractivity contribution in [2.24, 2.45) is 0 Å². The SMILES string of the molecule is Cl.O=C(NCc1ccc(F)cc1F)C1COCCN1. The minimum absolute atomic E-state index is 0. The van der Waals surface area contributed by atoms with Gasteiger partial charge in [-0.15, -0.1) is 12.4 Å². The van der Waals surface area contributed by atoms with E-state index in [4.69, 9.17) is 4.74 Å². The predicted molar refractivity (Wildman–Crippen MR) is 68.1 cm³/mol. The van der Waals surface area contributed by atoms with Crippen LogP contribution in [0.1, 0.15) is 5.56 Å². The number of halogens is 3. The Bertz CT molecular complexity index is 440. The molecule has 4 nitrogen and oxygen atoms in total. The fourth-order valence-corrected chi connectivity index (χ4v) is 1.70. The highest BCUT2D eigenvalue weighted by molar-refractivity contribution is 5.85. The third-order valence-electron chi connectivity index (χ3n) is 2.71. The van der Waals surface area contributed by atoms with Gasteiger partial charge in [0, 0.05) is 24.7 Å². The Morgan fingerprint density at radius 1 is 1.47 bits per heavy atom. The van der Waals surface area contributed by atoms with Gasteiger partial charge in [-0.25, -0.2) is 8.78 Å². The summed E-state index contributed by atoms with van der Waals surface area (Å²) >= 11 is 0. The molecule has 106 valence electrons. The van der Waals surface area contributed by atoms with E-state index in [-0.39, 0.29) is 30.4 Å².